The predicted molar refractivity (Wildman–Crippen MR) is 174 cm³/mol. The van der Waals surface area contributed by atoms with E-state index in [9.17, 15) is 33.5 Å². The normalized spacial score (nSPS) is 35.0. The Morgan fingerprint density at radius 3 is 2.21 bits per heavy atom. The Morgan fingerprint density at radius 1 is 0.830 bits per heavy atom. The van der Waals surface area contributed by atoms with Gasteiger partial charge in [0.05, 0.1) is 18.9 Å². The smallest absolute Gasteiger partial charge is 0.315 e. The van der Waals surface area contributed by atoms with Gasteiger partial charge in [0.1, 0.15) is 6.17 Å². The topological polar surface area (TPSA) is 148 Å². The van der Waals surface area contributed by atoms with Crippen LogP contribution in [-0.2, 0) is 19.2 Å². The maximum Gasteiger partial charge on any atom is 0.315 e. The number of alkyl halides is 1. The summed E-state index contributed by atoms with van der Waals surface area (Å²) in [5, 5.41) is 18.8. The van der Waals surface area contributed by atoms with Crippen molar-refractivity contribution in [2.24, 2.45) is 23.7 Å². The Morgan fingerprint density at radius 2 is 1.51 bits per heavy atom. The summed E-state index contributed by atoms with van der Waals surface area (Å²) >= 11 is 0. The van der Waals surface area contributed by atoms with Gasteiger partial charge in [-0.05, 0) is 101 Å². The average Bonchev–Trinajstić information content (AvgIpc) is 3.13. The lowest BCUT2D eigenvalue weighted by Crippen LogP contribution is -2.53. The molecule has 1 saturated heterocycles. The highest BCUT2D eigenvalue weighted by atomic mass is 19.1. The molecule has 5 rings (SSSR count). The zero-order valence-corrected chi connectivity index (χ0v) is 28.1. The zero-order valence-electron chi connectivity index (χ0n) is 28.1. The number of carbonyl (C=O) groups excluding carboxylic acids is 4. The largest absolute Gasteiger partial charge is 0.481 e. The lowest BCUT2D eigenvalue weighted by molar-refractivity contribution is -0.141. The van der Waals surface area contributed by atoms with Gasteiger partial charge in [-0.3, -0.25) is 19.2 Å². The number of rotatable bonds is 10. The van der Waals surface area contributed by atoms with Crippen LogP contribution in [0.3, 0.4) is 0 Å². The SMILES string of the molecule is CC1CCCCC1NC(=O)NC1CCC(CC(=O)NC2CCC3C(C2)C(=O)N(CCC(=O)O)CC(=O)N3CC2CCC(F)CC2)CC1. The minimum atomic E-state index is -1.03. The Bertz CT molecular complexity index is 1120. The van der Waals surface area contributed by atoms with Crippen LogP contribution in [0.15, 0.2) is 0 Å². The van der Waals surface area contributed by atoms with Crippen LogP contribution in [-0.4, -0.2) is 94.6 Å². The molecule has 11 nitrogen and oxygen atoms in total. The van der Waals surface area contributed by atoms with Gasteiger partial charge in [0, 0.05) is 43.7 Å². The second-order valence-electron chi connectivity index (χ2n) is 15.2. The molecule has 5 unspecified atom stereocenters. The molecule has 4 saturated carbocycles. The fourth-order valence-corrected chi connectivity index (χ4v) is 8.90. The van der Waals surface area contributed by atoms with Crippen molar-refractivity contribution >= 4 is 29.7 Å². The standard InChI is InChI=1S/C35H56FN5O6/c1-22-4-2-3-5-29(22)39-35(47)38-26-12-8-23(9-13-26)18-31(42)37-27-14-15-30-28(19-27)34(46)40(17-16-33(44)45)21-32(43)41(30)20-24-6-10-25(36)11-7-24/h22-30H,2-21H2,1H3,(H,37,42)(H,44,45)(H2,38,39,47). The first kappa shape index (κ1) is 35.4. The second-order valence-corrected chi connectivity index (χ2v) is 15.2. The van der Waals surface area contributed by atoms with Crippen LogP contribution in [0, 0.1) is 23.7 Å². The molecule has 0 bridgehead atoms. The summed E-state index contributed by atoms with van der Waals surface area (Å²) < 4.78 is 13.8. The zero-order chi connectivity index (χ0) is 33.5. The van der Waals surface area contributed by atoms with Crippen molar-refractivity contribution in [1.29, 1.82) is 0 Å². The highest BCUT2D eigenvalue weighted by Crippen LogP contribution is 2.36. The molecule has 12 heteroatoms. The Balaban J connectivity index is 1.11. The van der Waals surface area contributed by atoms with Crippen molar-refractivity contribution < 1.29 is 33.5 Å². The summed E-state index contributed by atoms with van der Waals surface area (Å²) in [7, 11) is 0. The summed E-state index contributed by atoms with van der Waals surface area (Å²) in [6, 6.07) is -0.225. The van der Waals surface area contributed by atoms with Crippen molar-refractivity contribution in [2.45, 2.75) is 146 Å². The first-order chi connectivity index (χ1) is 22.5. The minimum absolute atomic E-state index is 0.0279. The molecular weight excluding hydrogens is 605 g/mol. The highest BCUT2D eigenvalue weighted by molar-refractivity contribution is 5.90. The average molecular weight is 662 g/mol. The third kappa shape index (κ3) is 9.81. The van der Waals surface area contributed by atoms with Crippen molar-refractivity contribution in [2.75, 3.05) is 19.6 Å². The molecule has 0 spiro atoms. The number of nitrogens with one attached hydrogen (secondary N) is 3. The Hall–Kier alpha value is -2.92. The molecule has 47 heavy (non-hydrogen) atoms. The van der Waals surface area contributed by atoms with E-state index in [0.29, 0.717) is 63.8 Å². The number of nitrogens with zero attached hydrogens (tertiary/aromatic N) is 2. The first-order valence-electron chi connectivity index (χ1n) is 18.4. The molecule has 5 amide bonds. The number of carboxylic acids is 1. The molecule has 5 atom stereocenters. The van der Waals surface area contributed by atoms with Crippen LogP contribution in [0.2, 0.25) is 0 Å². The minimum Gasteiger partial charge on any atom is -0.481 e. The third-order valence-electron chi connectivity index (χ3n) is 11.8. The van der Waals surface area contributed by atoms with Crippen molar-refractivity contribution in [3.8, 4) is 0 Å². The van der Waals surface area contributed by atoms with Gasteiger partial charge >= 0.3 is 12.0 Å². The van der Waals surface area contributed by atoms with Gasteiger partial charge in [0.2, 0.25) is 17.7 Å². The van der Waals surface area contributed by atoms with Gasteiger partial charge in [-0.2, -0.15) is 0 Å². The van der Waals surface area contributed by atoms with Crippen LogP contribution in [0.5, 0.6) is 0 Å². The number of amides is 5. The van der Waals surface area contributed by atoms with Gasteiger partial charge in [-0.25, -0.2) is 9.18 Å². The Kier molecular flexibility index (Phi) is 12.4. The van der Waals surface area contributed by atoms with E-state index in [0.717, 1.165) is 44.9 Å². The van der Waals surface area contributed by atoms with Crippen LogP contribution in [0.1, 0.15) is 116 Å². The molecule has 5 fully saturated rings. The lowest BCUT2D eigenvalue weighted by atomic mass is 9.79. The molecule has 4 N–H and O–H groups in total. The van der Waals surface area contributed by atoms with Crippen LogP contribution in [0.25, 0.3) is 0 Å². The van der Waals surface area contributed by atoms with Crippen LogP contribution >= 0.6 is 0 Å². The molecule has 264 valence electrons. The van der Waals surface area contributed by atoms with E-state index >= 15 is 0 Å². The van der Waals surface area contributed by atoms with Crippen molar-refractivity contribution in [3.63, 3.8) is 0 Å². The first-order valence-corrected chi connectivity index (χ1v) is 18.4. The molecule has 1 heterocycles. The maximum atomic E-state index is 13.8. The number of halogens is 1. The molecule has 1 aliphatic heterocycles. The number of fused-ring (bicyclic) bond motifs is 1. The summed E-state index contributed by atoms with van der Waals surface area (Å²) in [5.41, 5.74) is 0. The van der Waals surface area contributed by atoms with E-state index < -0.39 is 18.1 Å². The van der Waals surface area contributed by atoms with Crippen molar-refractivity contribution in [3.05, 3.63) is 0 Å². The van der Waals surface area contributed by atoms with E-state index in [1.807, 2.05) is 4.90 Å². The predicted octanol–water partition coefficient (Wildman–Crippen LogP) is 4.14. The molecular formula is C35H56FN5O6. The van der Waals surface area contributed by atoms with E-state index in [1.54, 1.807) is 0 Å². The monoisotopic (exact) mass is 661 g/mol. The summed E-state index contributed by atoms with van der Waals surface area (Å²) in [6.07, 6.45) is 11.4. The number of urea groups is 1. The number of hydrogen-bond acceptors (Lipinski definition) is 5. The molecule has 0 aromatic rings. The van der Waals surface area contributed by atoms with Crippen LogP contribution in [0.4, 0.5) is 9.18 Å². The quantitative estimate of drug-likeness (QED) is 0.277. The lowest BCUT2D eigenvalue weighted by Gasteiger charge is -2.42. The summed E-state index contributed by atoms with van der Waals surface area (Å²) in [5.74, 6) is -1.04. The molecule has 0 radical (unpaired) electrons. The van der Waals surface area contributed by atoms with Crippen LogP contribution < -0.4 is 16.0 Å². The molecule has 0 aromatic carbocycles. The van der Waals surface area contributed by atoms with Crippen molar-refractivity contribution in [1.82, 2.24) is 25.8 Å². The number of hydrogen-bond donors (Lipinski definition) is 4. The van der Waals surface area contributed by atoms with E-state index in [2.05, 4.69) is 22.9 Å². The molecule has 0 aromatic heterocycles. The maximum absolute atomic E-state index is 13.8. The third-order valence-corrected chi connectivity index (χ3v) is 11.8. The molecule has 4 aliphatic carbocycles. The van der Waals surface area contributed by atoms with Gasteiger partial charge in [-0.15, -0.1) is 0 Å². The van der Waals surface area contributed by atoms with Gasteiger partial charge in [0.15, 0.2) is 0 Å². The van der Waals surface area contributed by atoms with Gasteiger partial charge in [-0.1, -0.05) is 19.8 Å². The van der Waals surface area contributed by atoms with Gasteiger partial charge in [0.25, 0.3) is 0 Å². The molecule has 5 aliphatic rings. The summed E-state index contributed by atoms with van der Waals surface area (Å²) in [4.78, 5) is 67.6. The second kappa shape index (κ2) is 16.5. The number of aliphatic carboxylic acids is 1. The van der Waals surface area contributed by atoms with Gasteiger partial charge < -0.3 is 30.9 Å². The highest BCUT2D eigenvalue weighted by Gasteiger charge is 2.46. The van der Waals surface area contributed by atoms with E-state index in [-0.39, 0.29) is 79.3 Å². The van der Waals surface area contributed by atoms with E-state index in [1.165, 1.54) is 11.3 Å². The fourth-order valence-electron chi connectivity index (χ4n) is 8.90. The number of carboxylic acid groups (broad SMARTS) is 1. The Labute approximate surface area is 278 Å². The fraction of sp³-hybridized carbons (Fsp3) is 0.857. The number of carbonyl (C=O) groups is 5. The van der Waals surface area contributed by atoms with E-state index in [4.69, 9.17) is 0 Å². The summed E-state index contributed by atoms with van der Waals surface area (Å²) in [6.45, 7) is 2.52.